The van der Waals surface area contributed by atoms with E-state index in [2.05, 4.69) is 0 Å². The molecule has 1 atom stereocenters. The van der Waals surface area contributed by atoms with E-state index >= 15 is 0 Å². The van der Waals surface area contributed by atoms with Gasteiger partial charge in [0.25, 0.3) is 0 Å². The van der Waals surface area contributed by atoms with Gasteiger partial charge in [-0.25, -0.2) is 0 Å². The topological polar surface area (TPSA) is 75.8 Å². The lowest BCUT2D eigenvalue weighted by atomic mass is 9.78. The van der Waals surface area contributed by atoms with Crippen molar-refractivity contribution in [2.24, 2.45) is 11.1 Å². The molecule has 1 aromatic rings. The first-order chi connectivity index (χ1) is 11.0. The maximum absolute atomic E-state index is 13.0. The Morgan fingerprint density at radius 1 is 1.35 bits per heavy atom. The van der Waals surface area contributed by atoms with Crippen LogP contribution in [0.3, 0.4) is 0 Å². The SMILES string of the molecule is CCN(CC(O)c1ccc(C)cc1)C(=O)C1(CN)CCOCC1. The number of likely N-dealkylation sites (N-methyl/N-ethyl adjacent to an activating group) is 1. The van der Waals surface area contributed by atoms with Gasteiger partial charge in [-0.05, 0) is 32.3 Å². The molecule has 5 heteroatoms. The molecule has 1 aliphatic rings. The third-order valence-electron chi connectivity index (χ3n) is 4.82. The van der Waals surface area contributed by atoms with Crippen LogP contribution in [0.25, 0.3) is 0 Å². The molecule has 0 aliphatic carbocycles. The number of aryl methyl sites for hydroxylation is 1. The molecule has 1 amide bonds. The quantitative estimate of drug-likeness (QED) is 0.835. The van der Waals surface area contributed by atoms with Crippen LogP contribution in [0.1, 0.15) is 37.0 Å². The van der Waals surface area contributed by atoms with Crippen LogP contribution < -0.4 is 5.73 Å². The number of benzene rings is 1. The molecule has 3 N–H and O–H groups in total. The largest absolute Gasteiger partial charge is 0.387 e. The van der Waals surface area contributed by atoms with Crippen LogP contribution in [0.15, 0.2) is 24.3 Å². The Morgan fingerprint density at radius 3 is 2.48 bits per heavy atom. The average molecular weight is 320 g/mol. The molecule has 128 valence electrons. The van der Waals surface area contributed by atoms with Gasteiger partial charge in [-0.2, -0.15) is 0 Å². The second-order valence-electron chi connectivity index (χ2n) is 6.37. The van der Waals surface area contributed by atoms with E-state index in [0.29, 0.717) is 45.7 Å². The highest BCUT2D eigenvalue weighted by Crippen LogP contribution is 2.32. The van der Waals surface area contributed by atoms with Crippen molar-refractivity contribution in [3.05, 3.63) is 35.4 Å². The summed E-state index contributed by atoms with van der Waals surface area (Å²) in [5, 5.41) is 10.5. The highest BCUT2D eigenvalue weighted by atomic mass is 16.5. The summed E-state index contributed by atoms with van der Waals surface area (Å²) in [6.45, 7) is 6.26. The average Bonchev–Trinajstić information content (AvgIpc) is 2.60. The van der Waals surface area contributed by atoms with E-state index < -0.39 is 11.5 Å². The summed E-state index contributed by atoms with van der Waals surface area (Å²) in [6.07, 6.45) is 0.619. The van der Waals surface area contributed by atoms with Crippen LogP contribution in [-0.4, -0.2) is 48.8 Å². The van der Waals surface area contributed by atoms with Crippen LogP contribution in [0.2, 0.25) is 0 Å². The van der Waals surface area contributed by atoms with Gasteiger partial charge < -0.3 is 20.5 Å². The van der Waals surface area contributed by atoms with Crippen molar-refractivity contribution in [2.45, 2.75) is 32.8 Å². The molecule has 1 saturated heterocycles. The van der Waals surface area contributed by atoms with E-state index in [1.165, 1.54) is 0 Å². The zero-order valence-electron chi connectivity index (χ0n) is 14.1. The summed E-state index contributed by atoms with van der Waals surface area (Å²) in [5.41, 5.74) is 7.36. The van der Waals surface area contributed by atoms with E-state index in [9.17, 15) is 9.90 Å². The van der Waals surface area contributed by atoms with Gasteiger partial charge >= 0.3 is 0 Å². The number of ether oxygens (including phenoxy) is 1. The fraction of sp³-hybridized carbons (Fsp3) is 0.611. The van der Waals surface area contributed by atoms with Crippen molar-refractivity contribution in [1.82, 2.24) is 4.90 Å². The van der Waals surface area contributed by atoms with Gasteiger partial charge in [0.15, 0.2) is 0 Å². The Bertz CT molecular complexity index is 510. The smallest absolute Gasteiger partial charge is 0.230 e. The number of carbonyl (C=O) groups is 1. The molecule has 2 rings (SSSR count). The van der Waals surface area contributed by atoms with Crippen molar-refractivity contribution < 1.29 is 14.6 Å². The maximum atomic E-state index is 13.0. The molecule has 5 nitrogen and oxygen atoms in total. The fourth-order valence-corrected chi connectivity index (χ4v) is 3.06. The van der Waals surface area contributed by atoms with Gasteiger partial charge in [0, 0.05) is 26.3 Å². The van der Waals surface area contributed by atoms with E-state index in [4.69, 9.17) is 10.5 Å². The van der Waals surface area contributed by atoms with Crippen molar-refractivity contribution in [3.8, 4) is 0 Å². The number of hydrogen-bond donors (Lipinski definition) is 2. The molecule has 23 heavy (non-hydrogen) atoms. The van der Waals surface area contributed by atoms with Crippen molar-refractivity contribution in [3.63, 3.8) is 0 Å². The molecule has 1 unspecified atom stereocenters. The minimum Gasteiger partial charge on any atom is -0.387 e. The Balaban J connectivity index is 2.08. The molecule has 1 fully saturated rings. The Labute approximate surface area is 138 Å². The first kappa shape index (κ1) is 17.9. The van der Waals surface area contributed by atoms with Gasteiger partial charge in [0.1, 0.15) is 0 Å². The number of nitrogens with zero attached hydrogens (tertiary/aromatic N) is 1. The summed E-state index contributed by atoms with van der Waals surface area (Å²) >= 11 is 0. The van der Waals surface area contributed by atoms with Crippen molar-refractivity contribution >= 4 is 5.91 Å². The summed E-state index contributed by atoms with van der Waals surface area (Å²) in [7, 11) is 0. The monoisotopic (exact) mass is 320 g/mol. The van der Waals surface area contributed by atoms with Gasteiger partial charge in [-0.3, -0.25) is 4.79 Å². The third kappa shape index (κ3) is 4.10. The summed E-state index contributed by atoms with van der Waals surface area (Å²) < 4.78 is 5.38. The number of aliphatic hydroxyl groups is 1. The van der Waals surface area contributed by atoms with Crippen LogP contribution in [0, 0.1) is 12.3 Å². The fourth-order valence-electron chi connectivity index (χ4n) is 3.06. The van der Waals surface area contributed by atoms with E-state index in [1.807, 2.05) is 38.1 Å². The second kappa shape index (κ2) is 7.90. The van der Waals surface area contributed by atoms with Gasteiger partial charge in [-0.1, -0.05) is 29.8 Å². The second-order valence-corrected chi connectivity index (χ2v) is 6.37. The predicted molar refractivity (Wildman–Crippen MR) is 89.9 cm³/mol. The lowest BCUT2D eigenvalue weighted by molar-refractivity contribution is -0.148. The van der Waals surface area contributed by atoms with E-state index in [0.717, 1.165) is 11.1 Å². The Hall–Kier alpha value is -1.43. The highest BCUT2D eigenvalue weighted by molar-refractivity contribution is 5.83. The molecule has 1 aliphatic heterocycles. The third-order valence-corrected chi connectivity index (χ3v) is 4.82. The lowest BCUT2D eigenvalue weighted by Gasteiger charge is -2.39. The predicted octanol–water partition coefficient (Wildman–Crippen LogP) is 1.63. The number of hydrogen-bond acceptors (Lipinski definition) is 4. The van der Waals surface area contributed by atoms with Crippen molar-refractivity contribution in [2.75, 3.05) is 32.8 Å². The first-order valence-corrected chi connectivity index (χ1v) is 8.34. The number of rotatable bonds is 6. The number of carbonyl (C=O) groups excluding carboxylic acids is 1. The summed E-state index contributed by atoms with van der Waals surface area (Å²) in [5.74, 6) is 0.0389. The summed E-state index contributed by atoms with van der Waals surface area (Å²) in [6, 6.07) is 7.75. The number of amides is 1. The Kier molecular flexibility index (Phi) is 6.16. The van der Waals surface area contributed by atoms with Gasteiger partial charge in [-0.15, -0.1) is 0 Å². The molecular formula is C18H28N2O3. The molecular weight excluding hydrogens is 292 g/mol. The molecule has 0 bridgehead atoms. The molecule has 0 aromatic heterocycles. The van der Waals surface area contributed by atoms with Gasteiger partial charge in [0.2, 0.25) is 5.91 Å². The molecule has 0 radical (unpaired) electrons. The summed E-state index contributed by atoms with van der Waals surface area (Å²) in [4.78, 5) is 14.7. The normalized spacial score (nSPS) is 18.4. The lowest BCUT2D eigenvalue weighted by Crippen LogP contribution is -2.51. The molecule has 1 aromatic carbocycles. The van der Waals surface area contributed by atoms with Crippen LogP contribution in [-0.2, 0) is 9.53 Å². The number of nitrogens with two attached hydrogens (primary N) is 1. The highest BCUT2D eigenvalue weighted by Gasteiger charge is 2.41. The number of aliphatic hydroxyl groups excluding tert-OH is 1. The van der Waals surface area contributed by atoms with Crippen LogP contribution >= 0.6 is 0 Å². The maximum Gasteiger partial charge on any atom is 0.230 e. The van der Waals surface area contributed by atoms with Crippen LogP contribution in [0.4, 0.5) is 0 Å². The van der Waals surface area contributed by atoms with E-state index in [-0.39, 0.29) is 5.91 Å². The van der Waals surface area contributed by atoms with E-state index in [1.54, 1.807) is 4.90 Å². The zero-order valence-corrected chi connectivity index (χ0v) is 14.1. The minimum absolute atomic E-state index is 0.0389. The van der Waals surface area contributed by atoms with Crippen molar-refractivity contribution in [1.29, 1.82) is 0 Å². The standard InChI is InChI=1S/C18H28N2O3/c1-3-20(12-16(21)15-6-4-14(2)5-7-15)17(22)18(13-19)8-10-23-11-9-18/h4-7,16,21H,3,8-13,19H2,1-2H3. The molecule has 0 saturated carbocycles. The zero-order chi connectivity index (χ0) is 16.9. The molecule has 0 spiro atoms. The van der Waals surface area contributed by atoms with Crippen LogP contribution in [0.5, 0.6) is 0 Å². The minimum atomic E-state index is -0.686. The molecule has 1 heterocycles. The first-order valence-electron chi connectivity index (χ1n) is 8.34. The Morgan fingerprint density at radius 2 is 1.96 bits per heavy atom. The van der Waals surface area contributed by atoms with Gasteiger partial charge in [0.05, 0.1) is 18.1 Å².